The first kappa shape index (κ1) is 25.5. The third-order valence-electron chi connectivity index (χ3n) is 9.77. The van der Waals surface area contributed by atoms with Gasteiger partial charge in [0.1, 0.15) is 0 Å². The molecule has 0 saturated carbocycles. The molecule has 1 aliphatic heterocycles. The van der Waals surface area contributed by atoms with Gasteiger partial charge in [0.15, 0.2) is 6.29 Å². The molecule has 218 valence electrons. The largest absolute Gasteiger partial charge is 0.352 e. The lowest BCUT2D eigenvalue weighted by atomic mass is 9.95. The van der Waals surface area contributed by atoms with Gasteiger partial charge in [0, 0.05) is 32.9 Å². The maximum atomic E-state index is 4.06. The van der Waals surface area contributed by atoms with Crippen molar-refractivity contribution in [2.45, 2.75) is 12.3 Å². The Bertz CT molecular complexity index is 2600. The number of rotatable bonds is 3. The first-order chi connectivity index (χ1) is 22.9. The summed E-state index contributed by atoms with van der Waals surface area (Å²) in [5.74, 6) is 0. The van der Waals surface area contributed by atoms with E-state index in [1.54, 1.807) is 0 Å². The fourth-order valence-corrected chi connectivity index (χ4v) is 7.92. The third kappa shape index (κ3) is 3.53. The van der Waals surface area contributed by atoms with E-state index < -0.39 is 0 Å². The Morgan fingerprint density at radius 2 is 1.00 bits per heavy atom. The topological polar surface area (TPSA) is 33.9 Å². The van der Waals surface area contributed by atoms with Crippen LogP contribution in [0.3, 0.4) is 0 Å². The van der Waals surface area contributed by atoms with Gasteiger partial charge in [0.25, 0.3) is 0 Å². The van der Waals surface area contributed by atoms with Crippen LogP contribution in [0.1, 0.15) is 23.5 Å². The van der Waals surface area contributed by atoms with Crippen LogP contribution in [0, 0.1) is 0 Å². The van der Waals surface area contributed by atoms with E-state index in [9.17, 15) is 0 Å². The Hall–Kier alpha value is -5.84. The molecule has 2 aromatic heterocycles. The molecule has 4 heteroatoms. The highest BCUT2D eigenvalue weighted by Crippen LogP contribution is 2.47. The Morgan fingerprint density at radius 3 is 1.74 bits per heavy atom. The van der Waals surface area contributed by atoms with Crippen molar-refractivity contribution in [3.63, 3.8) is 0 Å². The number of para-hydroxylation sites is 4. The molecule has 2 atom stereocenters. The standard InChI is InChI=1S/C42H30N4/c1-3-15-27(16-4-1)39-31-21-9-12-24-34(31)43-42(44-39)46-36-26-14-11-23-33(36)38-30-20-8-7-19-29(30)37-32-22-10-13-25-35(32)45(40(37)41(38)46)28-17-5-2-6-18-28/h1-26,39,42-44H. The Morgan fingerprint density at radius 1 is 0.457 bits per heavy atom. The van der Waals surface area contributed by atoms with E-state index in [1.807, 2.05) is 0 Å². The van der Waals surface area contributed by atoms with Crippen molar-refractivity contribution in [1.82, 2.24) is 14.5 Å². The van der Waals surface area contributed by atoms with Gasteiger partial charge in [-0.1, -0.05) is 127 Å². The normalized spacial score (nSPS) is 16.3. The predicted molar refractivity (Wildman–Crippen MR) is 192 cm³/mol. The van der Waals surface area contributed by atoms with Gasteiger partial charge in [-0.05, 0) is 52.2 Å². The molecule has 9 aromatic rings. The van der Waals surface area contributed by atoms with Gasteiger partial charge >= 0.3 is 0 Å². The van der Waals surface area contributed by atoms with Crippen LogP contribution in [0.5, 0.6) is 0 Å². The zero-order valence-electron chi connectivity index (χ0n) is 25.1. The summed E-state index contributed by atoms with van der Waals surface area (Å²) in [5, 5.41) is 15.6. The lowest BCUT2D eigenvalue weighted by Crippen LogP contribution is -2.40. The average Bonchev–Trinajstić information content (AvgIpc) is 3.66. The molecule has 0 fully saturated rings. The third-order valence-corrected chi connectivity index (χ3v) is 9.77. The Labute approximate surface area is 266 Å². The molecular formula is C42H30N4. The molecule has 1 aliphatic rings. The van der Waals surface area contributed by atoms with Crippen molar-refractivity contribution in [2.75, 3.05) is 5.32 Å². The quantitative estimate of drug-likeness (QED) is 0.215. The zero-order chi connectivity index (χ0) is 30.2. The summed E-state index contributed by atoms with van der Waals surface area (Å²) >= 11 is 0. The van der Waals surface area contributed by atoms with Crippen LogP contribution in [-0.4, -0.2) is 9.13 Å². The molecule has 10 rings (SSSR count). The van der Waals surface area contributed by atoms with Gasteiger partial charge < -0.3 is 14.5 Å². The number of anilines is 1. The molecule has 0 aliphatic carbocycles. The van der Waals surface area contributed by atoms with Gasteiger partial charge in [-0.2, -0.15) is 0 Å². The van der Waals surface area contributed by atoms with Gasteiger partial charge in [-0.25, -0.2) is 0 Å². The zero-order valence-corrected chi connectivity index (χ0v) is 25.1. The minimum absolute atomic E-state index is 0.0239. The second-order valence-corrected chi connectivity index (χ2v) is 12.2. The number of benzene rings is 7. The molecular weight excluding hydrogens is 560 g/mol. The van der Waals surface area contributed by atoms with E-state index >= 15 is 0 Å². The monoisotopic (exact) mass is 590 g/mol. The van der Waals surface area contributed by atoms with E-state index in [2.05, 4.69) is 177 Å². The number of hydrogen-bond acceptors (Lipinski definition) is 2. The van der Waals surface area contributed by atoms with Crippen LogP contribution in [0.25, 0.3) is 60.1 Å². The highest BCUT2D eigenvalue weighted by Gasteiger charge is 2.32. The minimum Gasteiger partial charge on any atom is -0.352 e. The van der Waals surface area contributed by atoms with Crippen LogP contribution in [0.15, 0.2) is 158 Å². The maximum Gasteiger partial charge on any atom is 0.160 e. The summed E-state index contributed by atoms with van der Waals surface area (Å²) < 4.78 is 4.99. The van der Waals surface area contributed by atoms with Gasteiger partial charge in [0.2, 0.25) is 0 Å². The van der Waals surface area contributed by atoms with Gasteiger partial charge in [0.05, 0.1) is 28.1 Å². The van der Waals surface area contributed by atoms with Gasteiger partial charge in [-0.15, -0.1) is 0 Å². The van der Waals surface area contributed by atoms with Crippen LogP contribution >= 0.6 is 0 Å². The maximum absolute atomic E-state index is 4.06. The van der Waals surface area contributed by atoms with Crippen LogP contribution in [0.4, 0.5) is 5.69 Å². The molecule has 2 N–H and O–H groups in total. The number of fused-ring (bicyclic) bond motifs is 11. The summed E-state index contributed by atoms with van der Waals surface area (Å²) in [7, 11) is 0. The summed E-state index contributed by atoms with van der Waals surface area (Å²) in [6.45, 7) is 0. The summed E-state index contributed by atoms with van der Waals surface area (Å²) in [6.07, 6.45) is -0.214. The van der Waals surface area contributed by atoms with Crippen molar-refractivity contribution < 1.29 is 0 Å². The summed E-state index contributed by atoms with van der Waals surface area (Å²) in [5.41, 5.74) is 9.62. The molecule has 0 amide bonds. The summed E-state index contributed by atoms with van der Waals surface area (Å²) in [4.78, 5) is 0. The molecule has 7 aromatic carbocycles. The van der Waals surface area contributed by atoms with Crippen LogP contribution in [-0.2, 0) is 0 Å². The van der Waals surface area contributed by atoms with E-state index in [1.165, 1.54) is 65.5 Å². The lowest BCUT2D eigenvalue weighted by Gasteiger charge is -2.36. The van der Waals surface area contributed by atoms with Crippen LogP contribution in [0.2, 0.25) is 0 Å². The van der Waals surface area contributed by atoms with Crippen molar-refractivity contribution in [2.24, 2.45) is 0 Å². The number of aromatic nitrogens is 2. The van der Waals surface area contributed by atoms with Crippen molar-refractivity contribution in [1.29, 1.82) is 0 Å². The van der Waals surface area contributed by atoms with Crippen molar-refractivity contribution in [3.05, 3.63) is 169 Å². The molecule has 0 bridgehead atoms. The highest BCUT2D eigenvalue weighted by molar-refractivity contribution is 6.36. The smallest absolute Gasteiger partial charge is 0.160 e. The number of nitrogens with one attached hydrogen (secondary N) is 2. The second kappa shape index (κ2) is 9.83. The van der Waals surface area contributed by atoms with Gasteiger partial charge in [-0.3, -0.25) is 5.32 Å². The molecule has 2 unspecified atom stereocenters. The fourth-order valence-electron chi connectivity index (χ4n) is 7.92. The van der Waals surface area contributed by atoms with Crippen molar-refractivity contribution >= 4 is 60.1 Å². The summed E-state index contributed by atoms with van der Waals surface area (Å²) in [6, 6.07) is 57.0. The van der Waals surface area contributed by atoms with E-state index in [0.29, 0.717) is 0 Å². The van der Waals surface area contributed by atoms with E-state index in [0.717, 1.165) is 11.4 Å². The van der Waals surface area contributed by atoms with E-state index in [-0.39, 0.29) is 12.3 Å². The van der Waals surface area contributed by atoms with E-state index in [4.69, 9.17) is 0 Å². The average molecular weight is 591 g/mol. The van der Waals surface area contributed by atoms with Crippen LogP contribution < -0.4 is 10.6 Å². The Kier molecular flexibility index (Phi) is 5.45. The minimum atomic E-state index is -0.214. The number of nitrogens with zero attached hydrogens (tertiary/aromatic N) is 2. The first-order valence-electron chi connectivity index (χ1n) is 16.0. The molecule has 4 nitrogen and oxygen atoms in total. The number of hydrogen-bond donors (Lipinski definition) is 2. The first-order valence-corrected chi connectivity index (χ1v) is 16.0. The SMILES string of the molecule is c1ccc(C2NC(n3c4ccccc4c4c5ccccc5c5c6ccccc6n(-c6ccccc6)c5c43)Nc3ccccc32)cc1. The molecule has 0 spiro atoms. The second-order valence-electron chi connectivity index (χ2n) is 12.2. The van der Waals surface area contributed by atoms with Crippen molar-refractivity contribution in [3.8, 4) is 5.69 Å². The predicted octanol–water partition coefficient (Wildman–Crippen LogP) is 10.3. The molecule has 3 heterocycles. The highest BCUT2D eigenvalue weighted by atomic mass is 15.3. The lowest BCUT2D eigenvalue weighted by molar-refractivity contribution is 0.417. The Balaban J connectivity index is 1.40. The molecule has 46 heavy (non-hydrogen) atoms. The fraction of sp³-hybridized carbons (Fsp3) is 0.0476. The molecule has 0 radical (unpaired) electrons. The molecule has 0 saturated heterocycles.